The van der Waals surface area contributed by atoms with Gasteiger partial charge in [0.2, 0.25) is 5.95 Å². The number of nitrogens with zero attached hydrogens (tertiary/aromatic N) is 3. The molecule has 0 unspecified atom stereocenters. The van der Waals surface area contributed by atoms with E-state index >= 15 is 0 Å². The highest BCUT2D eigenvalue weighted by Gasteiger charge is 2.16. The lowest BCUT2D eigenvalue weighted by molar-refractivity contribution is 0.386. The number of halogens is 3. The number of nitrogens with two attached hydrogens (primary N) is 1. The Labute approximate surface area is 124 Å². The number of ether oxygens (including phenoxy) is 1. The summed E-state index contributed by atoms with van der Waals surface area (Å²) < 4.78 is 20.4. The summed E-state index contributed by atoms with van der Waals surface area (Å²) in [7, 11) is 1.32. The fourth-order valence-electron chi connectivity index (χ4n) is 1.61. The van der Waals surface area contributed by atoms with Crippen molar-refractivity contribution < 1.29 is 9.13 Å². The van der Waals surface area contributed by atoms with E-state index < -0.39 is 5.82 Å². The topological polar surface area (TPSA) is 65.4 Å². The number of hydrogen-bond acceptors (Lipinski definition) is 4. The molecule has 106 valence electrons. The lowest BCUT2D eigenvalue weighted by Gasteiger charge is -2.08. The third kappa shape index (κ3) is 2.71. The smallest absolute Gasteiger partial charge is 0.221 e. The molecule has 1 aromatic heterocycles. The number of anilines is 1. The molecule has 0 aliphatic carbocycles. The third-order valence-corrected chi connectivity index (χ3v) is 3.11. The van der Waals surface area contributed by atoms with Gasteiger partial charge in [0.15, 0.2) is 11.6 Å². The Bertz CT molecular complexity index is 685. The van der Waals surface area contributed by atoms with E-state index in [1.807, 2.05) is 0 Å². The Hall–Kier alpha value is -1.79. The fraction of sp³-hybridized carbons (Fsp3) is 0.167. The predicted molar refractivity (Wildman–Crippen MR) is 77.3 cm³/mol. The van der Waals surface area contributed by atoms with E-state index in [1.165, 1.54) is 24.1 Å². The first-order valence-electron chi connectivity index (χ1n) is 5.51. The zero-order valence-corrected chi connectivity index (χ0v) is 12.2. The second-order valence-corrected chi connectivity index (χ2v) is 4.75. The van der Waals surface area contributed by atoms with E-state index in [1.54, 1.807) is 13.1 Å². The van der Waals surface area contributed by atoms with E-state index in [0.717, 1.165) is 0 Å². The number of imidazole rings is 1. The van der Waals surface area contributed by atoms with Gasteiger partial charge in [-0.05, 0) is 13.0 Å². The van der Waals surface area contributed by atoms with Gasteiger partial charge >= 0.3 is 0 Å². The van der Waals surface area contributed by atoms with Crippen LogP contribution < -0.4 is 10.5 Å². The van der Waals surface area contributed by atoms with Crippen LogP contribution >= 0.6 is 23.2 Å². The fourth-order valence-corrected chi connectivity index (χ4v) is 2.17. The largest absolute Gasteiger partial charge is 0.492 e. The lowest BCUT2D eigenvalue weighted by atomic mass is 10.2. The van der Waals surface area contributed by atoms with Crippen LogP contribution in [0, 0.1) is 12.7 Å². The number of aryl methyl sites for hydroxylation is 1. The van der Waals surface area contributed by atoms with Crippen molar-refractivity contribution in [3.05, 3.63) is 39.4 Å². The van der Waals surface area contributed by atoms with Crippen molar-refractivity contribution in [3.63, 3.8) is 0 Å². The minimum absolute atomic E-state index is 0.0543. The molecular weight excluding hydrogens is 306 g/mol. The minimum atomic E-state index is -0.691. The van der Waals surface area contributed by atoms with Gasteiger partial charge in [-0.25, -0.2) is 14.1 Å². The minimum Gasteiger partial charge on any atom is -0.492 e. The Balaban J connectivity index is 2.46. The average Bonchev–Trinajstić information content (AvgIpc) is 2.67. The monoisotopic (exact) mass is 316 g/mol. The normalized spacial score (nSPS) is 11.2. The molecule has 0 saturated carbocycles. The van der Waals surface area contributed by atoms with Crippen LogP contribution in [0.1, 0.15) is 11.3 Å². The molecule has 0 amide bonds. The van der Waals surface area contributed by atoms with Crippen molar-refractivity contribution in [1.82, 2.24) is 9.66 Å². The summed E-state index contributed by atoms with van der Waals surface area (Å²) in [4.78, 5) is 3.97. The quantitative estimate of drug-likeness (QED) is 0.885. The number of methoxy groups -OCH3 is 1. The summed E-state index contributed by atoms with van der Waals surface area (Å²) in [5.41, 5.74) is 6.38. The maximum absolute atomic E-state index is 14.2. The van der Waals surface area contributed by atoms with Crippen molar-refractivity contribution in [1.29, 1.82) is 0 Å². The molecule has 1 aromatic carbocycles. The summed E-state index contributed by atoms with van der Waals surface area (Å²) in [5, 5.41) is 4.21. The van der Waals surface area contributed by atoms with Gasteiger partial charge in [0, 0.05) is 0 Å². The maximum atomic E-state index is 14.2. The molecule has 0 aliphatic heterocycles. The van der Waals surface area contributed by atoms with E-state index in [0.29, 0.717) is 5.69 Å². The summed E-state index contributed by atoms with van der Waals surface area (Å²) in [6.07, 6.45) is 2.83. The number of rotatable bonds is 3. The number of hydrogen-bond donors (Lipinski definition) is 1. The second-order valence-electron chi connectivity index (χ2n) is 3.93. The number of nitrogen functional groups attached to an aromatic ring is 1. The van der Waals surface area contributed by atoms with Crippen molar-refractivity contribution >= 4 is 35.4 Å². The molecule has 8 heteroatoms. The summed E-state index contributed by atoms with van der Waals surface area (Å²) in [5.74, 6) is -0.590. The molecule has 5 nitrogen and oxygen atoms in total. The SMILES string of the molecule is COc1c(Cl)cc(Cl)c(C=Nn2cc(C)nc2N)c1F. The third-order valence-electron chi connectivity index (χ3n) is 2.51. The standard InChI is InChI=1S/C12H11Cl2FN4O/c1-6-5-19(12(16)18-6)17-4-7-8(13)3-9(14)11(20-2)10(7)15/h3-5H,1-2H3,(H2,16,18). The van der Waals surface area contributed by atoms with Crippen LogP contribution in [0.3, 0.4) is 0 Å². The van der Waals surface area contributed by atoms with E-state index in [9.17, 15) is 4.39 Å². The van der Waals surface area contributed by atoms with Crippen molar-refractivity contribution in [2.24, 2.45) is 5.10 Å². The molecule has 2 aromatic rings. The highest BCUT2D eigenvalue weighted by Crippen LogP contribution is 2.33. The lowest BCUT2D eigenvalue weighted by Crippen LogP contribution is -2.00. The van der Waals surface area contributed by atoms with Gasteiger partial charge in [0.05, 0.1) is 40.8 Å². The van der Waals surface area contributed by atoms with Crippen LogP contribution in [0.4, 0.5) is 10.3 Å². The van der Waals surface area contributed by atoms with Gasteiger partial charge in [-0.3, -0.25) is 0 Å². The Morgan fingerprint density at radius 2 is 2.15 bits per heavy atom. The van der Waals surface area contributed by atoms with Crippen molar-refractivity contribution in [2.75, 3.05) is 12.8 Å². The zero-order chi connectivity index (χ0) is 14.9. The van der Waals surface area contributed by atoms with Crippen molar-refractivity contribution in [2.45, 2.75) is 6.92 Å². The molecule has 0 bridgehead atoms. The predicted octanol–water partition coefficient (Wildman–Crippen LogP) is 3.11. The van der Waals surface area contributed by atoms with Gasteiger partial charge in [0.25, 0.3) is 0 Å². The second kappa shape index (κ2) is 5.68. The van der Waals surface area contributed by atoms with Crippen LogP contribution in [0.5, 0.6) is 5.75 Å². The molecule has 0 atom stereocenters. The summed E-state index contributed by atoms with van der Waals surface area (Å²) in [6, 6.07) is 1.38. The highest BCUT2D eigenvalue weighted by atomic mass is 35.5. The van der Waals surface area contributed by atoms with Gasteiger partial charge in [-0.1, -0.05) is 23.2 Å². The molecule has 0 aliphatic rings. The van der Waals surface area contributed by atoms with Crippen molar-refractivity contribution in [3.8, 4) is 5.75 Å². The molecular formula is C12H11Cl2FN4O. The molecule has 1 heterocycles. The average molecular weight is 317 g/mol. The Morgan fingerprint density at radius 3 is 2.70 bits per heavy atom. The van der Waals surface area contributed by atoms with Crippen LogP contribution in [0.2, 0.25) is 10.0 Å². The van der Waals surface area contributed by atoms with Gasteiger partial charge in [0.1, 0.15) is 0 Å². The molecule has 0 fully saturated rings. The zero-order valence-electron chi connectivity index (χ0n) is 10.7. The molecule has 20 heavy (non-hydrogen) atoms. The molecule has 2 rings (SSSR count). The number of aromatic nitrogens is 2. The molecule has 0 spiro atoms. The summed E-state index contributed by atoms with van der Waals surface area (Å²) >= 11 is 11.8. The van der Waals surface area contributed by atoms with Crippen LogP contribution in [-0.2, 0) is 0 Å². The first kappa shape index (κ1) is 14.6. The highest BCUT2D eigenvalue weighted by molar-refractivity contribution is 6.37. The Morgan fingerprint density at radius 1 is 1.45 bits per heavy atom. The van der Waals surface area contributed by atoms with Gasteiger partial charge in [-0.2, -0.15) is 5.10 Å². The van der Waals surface area contributed by atoms with Gasteiger partial charge < -0.3 is 10.5 Å². The first-order chi connectivity index (χ1) is 9.43. The van der Waals surface area contributed by atoms with Gasteiger partial charge in [-0.15, -0.1) is 0 Å². The van der Waals surface area contributed by atoms with E-state index in [2.05, 4.69) is 10.1 Å². The van der Waals surface area contributed by atoms with Crippen LogP contribution in [-0.4, -0.2) is 23.0 Å². The first-order valence-corrected chi connectivity index (χ1v) is 6.27. The maximum Gasteiger partial charge on any atom is 0.221 e. The van der Waals surface area contributed by atoms with E-state index in [4.69, 9.17) is 33.7 Å². The summed E-state index contributed by atoms with van der Waals surface area (Å²) in [6.45, 7) is 1.77. The van der Waals surface area contributed by atoms with E-state index in [-0.39, 0.29) is 27.3 Å². The van der Waals surface area contributed by atoms with Crippen LogP contribution in [0.15, 0.2) is 17.4 Å². The molecule has 0 radical (unpaired) electrons. The molecule has 0 saturated heterocycles. The van der Waals surface area contributed by atoms with Crippen LogP contribution in [0.25, 0.3) is 0 Å². The Kier molecular flexibility index (Phi) is 4.15. The number of benzene rings is 1. The molecule has 2 N–H and O–H groups in total.